The first-order valence-electron chi connectivity index (χ1n) is 7.70. The maximum absolute atomic E-state index is 12.3. The van der Waals surface area contributed by atoms with E-state index in [1.165, 1.54) is 0 Å². The Morgan fingerprint density at radius 2 is 2.04 bits per heavy atom. The van der Waals surface area contributed by atoms with Crippen LogP contribution in [0.3, 0.4) is 0 Å². The Hall–Kier alpha value is -2.54. The molecule has 0 spiro atoms. The lowest BCUT2D eigenvalue weighted by molar-refractivity contribution is 0.205. The van der Waals surface area contributed by atoms with Gasteiger partial charge in [-0.05, 0) is 25.5 Å². The Morgan fingerprint density at radius 3 is 2.91 bits per heavy atom. The van der Waals surface area contributed by atoms with Crippen molar-refractivity contribution in [3.8, 4) is 0 Å². The molecule has 3 aromatic rings. The van der Waals surface area contributed by atoms with E-state index in [1.807, 2.05) is 32.2 Å². The molecule has 0 saturated carbocycles. The van der Waals surface area contributed by atoms with Crippen molar-refractivity contribution in [1.82, 2.24) is 29.0 Å². The van der Waals surface area contributed by atoms with Gasteiger partial charge in [0.1, 0.15) is 17.3 Å². The van der Waals surface area contributed by atoms with Gasteiger partial charge in [0.25, 0.3) is 5.56 Å². The molecule has 0 fully saturated rings. The summed E-state index contributed by atoms with van der Waals surface area (Å²) in [6.45, 7) is 7.09. The molecular weight excluding hydrogens is 292 g/mol. The second-order valence-electron chi connectivity index (χ2n) is 6.05. The van der Waals surface area contributed by atoms with Crippen LogP contribution >= 0.6 is 0 Å². The fourth-order valence-corrected chi connectivity index (χ4v) is 3.06. The van der Waals surface area contributed by atoms with Gasteiger partial charge in [-0.2, -0.15) is 0 Å². The van der Waals surface area contributed by atoms with Crippen molar-refractivity contribution in [1.29, 1.82) is 0 Å². The zero-order valence-electron chi connectivity index (χ0n) is 13.2. The largest absolute Gasteiger partial charge is 0.313 e. The molecule has 4 heterocycles. The summed E-state index contributed by atoms with van der Waals surface area (Å²) < 4.78 is 3.73. The van der Waals surface area contributed by atoms with Gasteiger partial charge in [0, 0.05) is 31.9 Å². The smallest absolute Gasteiger partial charge is 0.258 e. The molecule has 0 amide bonds. The molecule has 0 N–H and O–H groups in total. The van der Waals surface area contributed by atoms with Crippen LogP contribution in [0.5, 0.6) is 0 Å². The molecule has 0 radical (unpaired) electrons. The Labute approximate surface area is 133 Å². The summed E-state index contributed by atoms with van der Waals surface area (Å²) in [6.07, 6.45) is 1.82. The van der Waals surface area contributed by atoms with Crippen molar-refractivity contribution in [3.63, 3.8) is 0 Å². The molecule has 1 aliphatic rings. The van der Waals surface area contributed by atoms with Gasteiger partial charge in [-0.1, -0.05) is 6.07 Å². The highest BCUT2D eigenvalue weighted by Crippen LogP contribution is 2.14. The lowest BCUT2D eigenvalue weighted by Gasteiger charge is -2.27. The van der Waals surface area contributed by atoms with Gasteiger partial charge in [-0.3, -0.25) is 14.1 Å². The zero-order valence-corrected chi connectivity index (χ0v) is 13.2. The molecule has 0 unspecified atom stereocenters. The van der Waals surface area contributed by atoms with Crippen LogP contribution in [0, 0.1) is 13.8 Å². The monoisotopic (exact) mass is 310 g/mol. The Morgan fingerprint density at radius 1 is 1.17 bits per heavy atom. The minimum atomic E-state index is -0.0373. The van der Waals surface area contributed by atoms with Crippen LogP contribution < -0.4 is 5.56 Å². The summed E-state index contributed by atoms with van der Waals surface area (Å²) >= 11 is 0. The summed E-state index contributed by atoms with van der Waals surface area (Å²) in [5.41, 5.74) is 2.49. The summed E-state index contributed by atoms with van der Waals surface area (Å²) in [6, 6.07) is 5.48. The first-order valence-corrected chi connectivity index (χ1v) is 7.70. The summed E-state index contributed by atoms with van der Waals surface area (Å²) in [7, 11) is 0. The number of pyridine rings is 1. The quantitative estimate of drug-likeness (QED) is 0.704. The van der Waals surface area contributed by atoms with E-state index >= 15 is 0 Å². The third kappa shape index (κ3) is 2.53. The molecule has 0 aliphatic carbocycles. The molecule has 118 valence electrons. The van der Waals surface area contributed by atoms with Crippen LogP contribution in [0.4, 0.5) is 0 Å². The topological polar surface area (TPSA) is 68.3 Å². The van der Waals surface area contributed by atoms with E-state index in [0.29, 0.717) is 12.2 Å². The van der Waals surface area contributed by atoms with Gasteiger partial charge in [-0.15, -0.1) is 10.2 Å². The van der Waals surface area contributed by atoms with Gasteiger partial charge in [0.05, 0.1) is 12.2 Å². The van der Waals surface area contributed by atoms with Gasteiger partial charge in [0.15, 0.2) is 0 Å². The Kier molecular flexibility index (Phi) is 3.23. The molecule has 0 bridgehead atoms. The number of hydrogen-bond donors (Lipinski definition) is 0. The minimum Gasteiger partial charge on any atom is -0.313 e. The number of aromatic nitrogens is 5. The van der Waals surface area contributed by atoms with E-state index in [-0.39, 0.29) is 5.56 Å². The van der Waals surface area contributed by atoms with Crippen LogP contribution in [0.2, 0.25) is 0 Å². The van der Waals surface area contributed by atoms with Crippen molar-refractivity contribution in [3.05, 3.63) is 57.7 Å². The van der Waals surface area contributed by atoms with E-state index in [4.69, 9.17) is 0 Å². The summed E-state index contributed by atoms with van der Waals surface area (Å²) in [5, 5.41) is 8.33. The van der Waals surface area contributed by atoms with Gasteiger partial charge < -0.3 is 4.57 Å². The Balaban J connectivity index is 1.61. The highest BCUT2D eigenvalue weighted by Gasteiger charge is 2.20. The number of aryl methyl sites for hydroxylation is 2. The summed E-state index contributed by atoms with van der Waals surface area (Å²) in [4.78, 5) is 19.1. The molecule has 3 aromatic heterocycles. The lowest BCUT2D eigenvalue weighted by atomic mass is 10.3. The van der Waals surface area contributed by atoms with Crippen molar-refractivity contribution in [2.45, 2.75) is 33.5 Å². The predicted octanol–water partition coefficient (Wildman–Crippen LogP) is 0.919. The highest BCUT2D eigenvalue weighted by atomic mass is 16.1. The second kappa shape index (κ2) is 5.27. The van der Waals surface area contributed by atoms with Crippen molar-refractivity contribution < 1.29 is 0 Å². The Bertz CT molecular complexity index is 941. The highest BCUT2D eigenvalue weighted by molar-refractivity contribution is 5.39. The molecule has 4 rings (SSSR count). The van der Waals surface area contributed by atoms with E-state index in [1.54, 1.807) is 10.5 Å². The van der Waals surface area contributed by atoms with Gasteiger partial charge in [-0.25, -0.2) is 4.98 Å². The van der Waals surface area contributed by atoms with Crippen LogP contribution in [0.1, 0.15) is 22.9 Å². The van der Waals surface area contributed by atoms with Gasteiger partial charge in [0.2, 0.25) is 0 Å². The molecule has 0 saturated heterocycles. The third-order valence-corrected chi connectivity index (χ3v) is 4.26. The average Bonchev–Trinajstić information content (AvgIpc) is 2.89. The van der Waals surface area contributed by atoms with Crippen LogP contribution in [-0.4, -0.2) is 35.6 Å². The van der Waals surface area contributed by atoms with Crippen LogP contribution in [0.15, 0.2) is 29.2 Å². The standard InChI is InChI=1S/C16H18N6O/c1-11-3-4-14-17-13(7-16(23)22(14)8-11)9-20-5-6-21-12(2)18-19-15(21)10-20/h3-4,7-8H,5-6,9-10H2,1-2H3. The van der Waals surface area contributed by atoms with Crippen LogP contribution in [0.25, 0.3) is 5.65 Å². The van der Waals surface area contributed by atoms with E-state index < -0.39 is 0 Å². The number of fused-ring (bicyclic) bond motifs is 2. The second-order valence-corrected chi connectivity index (χ2v) is 6.05. The molecular formula is C16H18N6O. The van der Waals surface area contributed by atoms with Crippen molar-refractivity contribution in [2.24, 2.45) is 0 Å². The minimum absolute atomic E-state index is 0.0373. The summed E-state index contributed by atoms with van der Waals surface area (Å²) in [5.74, 6) is 1.93. The van der Waals surface area contributed by atoms with E-state index in [0.717, 1.165) is 42.5 Å². The molecule has 0 atom stereocenters. The number of nitrogens with zero attached hydrogens (tertiary/aromatic N) is 6. The van der Waals surface area contributed by atoms with E-state index in [2.05, 4.69) is 24.6 Å². The fraction of sp³-hybridized carbons (Fsp3) is 0.375. The zero-order chi connectivity index (χ0) is 16.0. The lowest BCUT2D eigenvalue weighted by Crippen LogP contribution is -2.34. The average molecular weight is 310 g/mol. The molecule has 1 aliphatic heterocycles. The number of rotatable bonds is 2. The normalized spacial score (nSPS) is 15.0. The predicted molar refractivity (Wildman–Crippen MR) is 85.1 cm³/mol. The molecule has 7 heteroatoms. The maximum Gasteiger partial charge on any atom is 0.258 e. The number of hydrogen-bond acceptors (Lipinski definition) is 5. The SMILES string of the molecule is Cc1ccc2nc(CN3CCn4c(C)nnc4C3)cc(=O)n2c1. The molecule has 23 heavy (non-hydrogen) atoms. The van der Waals surface area contributed by atoms with Gasteiger partial charge >= 0.3 is 0 Å². The molecule has 0 aromatic carbocycles. The van der Waals surface area contributed by atoms with E-state index in [9.17, 15) is 4.79 Å². The van der Waals surface area contributed by atoms with Crippen molar-refractivity contribution in [2.75, 3.05) is 6.54 Å². The first-order chi connectivity index (χ1) is 11.1. The fourth-order valence-electron chi connectivity index (χ4n) is 3.06. The molecule has 7 nitrogen and oxygen atoms in total. The third-order valence-electron chi connectivity index (χ3n) is 4.26. The maximum atomic E-state index is 12.3. The van der Waals surface area contributed by atoms with Crippen molar-refractivity contribution >= 4 is 5.65 Å². The first kappa shape index (κ1) is 14.1. The van der Waals surface area contributed by atoms with Crippen LogP contribution in [-0.2, 0) is 19.6 Å².